The number of amides is 1. The predicted molar refractivity (Wildman–Crippen MR) is 101 cm³/mol. The van der Waals surface area contributed by atoms with Crippen molar-refractivity contribution in [1.29, 1.82) is 0 Å². The van der Waals surface area contributed by atoms with E-state index in [9.17, 15) is 9.90 Å². The van der Waals surface area contributed by atoms with Crippen molar-refractivity contribution in [1.82, 2.24) is 4.90 Å². The van der Waals surface area contributed by atoms with Gasteiger partial charge in [-0.2, -0.15) is 0 Å². The molecule has 1 heterocycles. The second kappa shape index (κ2) is 7.20. The molecule has 0 radical (unpaired) electrons. The van der Waals surface area contributed by atoms with E-state index in [4.69, 9.17) is 4.74 Å². The van der Waals surface area contributed by atoms with E-state index in [1.807, 2.05) is 39.8 Å². The summed E-state index contributed by atoms with van der Waals surface area (Å²) in [5.74, 6) is 0. The van der Waals surface area contributed by atoms with Gasteiger partial charge in [-0.25, -0.2) is 4.79 Å². The third kappa shape index (κ3) is 4.06. The second-order valence-electron chi connectivity index (χ2n) is 7.97. The summed E-state index contributed by atoms with van der Waals surface area (Å²) in [6.07, 6.45) is 3.69. The van der Waals surface area contributed by atoms with Gasteiger partial charge < -0.3 is 14.7 Å². The molecule has 1 aromatic carbocycles. The lowest BCUT2D eigenvalue weighted by molar-refractivity contribution is -0.0253. The average Bonchev–Trinajstić information content (AvgIpc) is 2.83. The van der Waals surface area contributed by atoms with Crippen LogP contribution in [0.1, 0.15) is 57.2 Å². The number of aliphatic hydroxyl groups is 1. The fraction of sp³-hybridized carbons (Fsp3) is 0.571. The lowest BCUT2D eigenvalue weighted by Crippen LogP contribution is -2.49. The van der Waals surface area contributed by atoms with E-state index in [2.05, 4.69) is 19.6 Å². The molecule has 1 aliphatic heterocycles. The Morgan fingerprint density at radius 1 is 1.44 bits per heavy atom. The molecule has 25 heavy (non-hydrogen) atoms. The standard InChI is InChI=1S/C18H25NO3.C3H6/c1-12-5-7-14-13(11-12)6-8-15-18(14,21)9-10-19(15)16(20)22-17(2,3)4;1-3-2/h5,7,11,15,21H,6,8-10H2,1-4H3;3H,1H2,2H3. The van der Waals surface area contributed by atoms with Crippen molar-refractivity contribution in [2.24, 2.45) is 0 Å². The third-order valence-electron chi connectivity index (χ3n) is 4.70. The Bertz CT molecular complexity index is 647. The van der Waals surface area contributed by atoms with Crippen molar-refractivity contribution in [3.63, 3.8) is 0 Å². The molecular weight excluding hydrogens is 314 g/mol. The van der Waals surface area contributed by atoms with Crippen LogP contribution >= 0.6 is 0 Å². The number of fused-ring (bicyclic) bond motifs is 3. The zero-order valence-electron chi connectivity index (χ0n) is 16.1. The van der Waals surface area contributed by atoms with E-state index in [1.165, 1.54) is 11.1 Å². The highest BCUT2D eigenvalue weighted by atomic mass is 16.6. The van der Waals surface area contributed by atoms with Crippen molar-refractivity contribution < 1.29 is 14.6 Å². The number of allylic oxidation sites excluding steroid dienone is 1. The summed E-state index contributed by atoms with van der Waals surface area (Å²) < 4.78 is 5.50. The largest absolute Gasteiger partial charge is 0.444 e. The fourth-order valence-electron chi connectivity index (χ4n) is 3.76. The highest BCUT2D eigenvalue weighted by Gasteiger charge is 2.52. The molecule has 138 valence electrons. The first-order chi connectivity index (χ1) is 11.6. The minimum Gasteiger partial charge on any atom is -0.444 e. The number of aryl methyl sites for hydroxylation is 2. The number of carbonyl (C=O) groups excluding carboxylic acids is 1. The molecule has 0 aromatic heterocycles. The molecule has 2 aliphatic rings. The number of ether oxygens (including phenoxy) is 1. The van der Waals surface area contributed by atoms with Crippen LogP contribution in [0.15, 0.2) is 30.9 Å². The first-order valence-corrected chi connectivity index (χ1v) is 9.01. The number of hydrogen-bond donors (Lipinski definition) is 1. The molecule has 1 amide bonds. The summed E-state index contributed by atoms with van der Waals surface area (Å²) in [5, 5.41) is 11.2. The molecule has 1 aromatic rings. The number of carbonyl (C=O) groups is 1. The molecule has 1 fully saturated rings. The van der Waals surface area contributed by atoms with Crippen molar-refractivity contribution in [3.05, 3.63) is 47.5 Å². The number of nitrogens with zero attached hydrogens (tertiary/aromatic N) is 1. The zero-order chi connectivity index (χ0) is 18.8. The molecular formula is C21H31NO3. The van der Waals surface area contributed by atoms with Gasteiger partial charge in [0.05, 0.1) is 6.04 Å². The molecule has 4 nitrogen and oxygen atoms in total. The Morgan fingerprint density at radius 3 is 2.68 bits per heavy atom. The smallest absolute Gasteiger partial charge is 0.410 e. The van der Waals surface area contributed by atoms with Gasteiger partial charge in [0.1, 0.15) is 11.2 Å². The molecule has 0 bridgehead atoms. The highest BCUT2D eigenvalue weighted by Crippen LogP contribution is 2.45. The van der Waals surface area contributed by atoms with Gasteiger partial charge in [0.25, 0.3) is 0 Å². The molecule has 1 saturated heterocycles. The average molecular weight is 345 g/mol. The Labute approximate surface area is 151 Å². The van der Waals surface area contributed by atoms with Gasteiger partial charge in [-0.15, -0.1) is 6.58 Å². The van der Waals surface area contributed by atoms with Crippen LogP contribution in [0, 0.1) is 6.92 Å². The van der Waals surface area contributed by atoms with Crippen LogP contribution in [0.3, 0.4) is 0 Å². The first kappa shape index (κ1) is 19.5. The van der Waals surface area contributed by atoms with Crippen LogP contribution in [-0.2, 0) is 16.8 Å². The lowest BCUT2D eigenvalue weighted by Gasteiger charge is -2.39. The molecule has 2 unspecified atom stereocenters. The maximum Gasteiger partial charge on any atom is 0.410 e. The monoisotopic (exact) mass is 345 g/mol. The van der Waals surface area contributed by atoms with Gasteiger partial charge >= 0.3 is 6.09 Å². The van der Waals surface area contributed by atoms with Gasteiger partial charge in [-0.1, -0.05) is 29.8 Å². The van der Waals surface area contributed by atoms with Gasteiger partial charge in [0.15, 0.2) is 0 Å². The van der Waals surface area contributed by atoms with Crippen LogP contribution in [-0.4, -0.2) is 34.3 Å². The van der Waals surface area contributed by atoms with Crippen LogP contribution in [0.2, 0.25) is 0 Å². The molecule has 1 N–H and O–H groups in total. The van der Waals surface area contributed by atoms with E-state index < -0.39 is 11.2 Å². The zero-order valence-corrected chi connectivity index (χ0v) is 16.1. The molecule has 3 rings (SSSR count). The SMILES string of the molecule is C=CC.Cc1ccc2c(c1)CCC1N(C(=O)OC(C)(C)C)CCC21O. The molecule has 0 spiro atoms. The number of benzene rings is 1. The molecule has 4 heteroatoms. The van der Waals surface area contributed by atoms with E-state index >= 15 is 0 Å². The van der Waals surface area contributed by atoms with Gasteiger partial charge in [0.2, 0.25) is 0 Å². The Hall–Kier alpha value is -1.81. The van der Waals surface area contributed by atoms with E-state index in [-0.39, 0.29) is 12.1 Å². The molecule has 1 aliphatic carbocycles. The van der Waals surface area contributed by atoms with Crippen molar-refractivity contribution >= 4 is 6.09 Å². The number of likely N-dealkylation sites (tertiary alicyclic amines) is 1. The summed E-state index contributed by atoms with van der Waals surface area (Å²) >= 11 is 0. The quantitative estimate of drug-likeness (QED) is 0.712. The van der Waals surface area contributed by atoms with Gasteiger partial charge in [-0.05, 0) is 58.6 Å². The summed E-state index contributed by atoms with van der Waals surface area (Å²) in [7, 11) is 0. The maximum absolute atomic E-state index is 12.4. The number of hydrogen-bond acceptors (Lipinski definition) is 3. The lowest BCUT2D eigenvalue weighted by atomic mass is 9.75. The maximum atomic E-state index is 12.4. The van der Waals surface area contributed by atoms with Crippen molar-refractivity contribution in [3.8, 4) is 0 Å². The van der Waals surface area contributed by atoms with E-state index in [0.717, 1.165) is 18.4 Å². The second-order valence-corrected chi connectivity index (χ2v) is 7.97. The normalized spacial score (nSPS) is 24.6. The Morgan fingerprint density at radius 2 is 2.08 bits per heavy atom. The Kier molecular flexibility index (Phi) is 5.62. The van der Waals surface area contributed by atoms with Crippen molar-refractivity contribution in [2.45, 2.75) is 71.1 Å². The summed E-state index contributed by atoms with van der Waals surface area (Å²) in [4.78, 5) is 14.1. The van der Waals surface area contributed by atoms with Crippen molar-refractivity contribution in [2.75, 3.05) is 6.54 Å². The minimum absolute atomic E-state index is 0.183. The molecule has 2 atom stereocenters. The van der Waals surface area contributed by atoms with E-state index in [0.29, 0.717) is 13.0 Å². The summed E-state index contributed by atoms with van der Waals surface area (Å²) in [6, 6.07) is 6.03. The van der Waals surface area contributed by atoms with Crippen LogP contribution < -0.4 is 0 Å². The molecule has 0 saturated carbocycles. The topological polar surface area (TPSA) is 49.8 Å². The number of rotatable bonds is 0. The van der Waals surface area contributed by atoms with Crippen LogP contribution in [0.4, 0.5) is 4.79 Å². The highest BCUT2D eigenvalue weighted by molar-refractivity contribution is 5.69. The van der Waals surface area contributed by atoms with Crippen LogP contribution in [0.25, 0.3) is 0 Å². The fourth-order valence-corrected chi connectivity index (χ4v) is 3.76. The summed E-state index contributed by atoms with van der Waals surface area (Å²) in [6.45, 7) is 13.5. The van der Waals surface area contributed by atoms with Gasteiger partial charge in [-0.3, -0.25) is 0 Å². The predicted octanol–water partition coefficient (Wildman–Crippen LogP) is 4.33. The third-order valence-corrected chi connectivity index (χ3v) is 4.70. The summed E-state index contributed by atoms with van der Waals surface area (Å²) in [5.41, 5.74) is 1.97. The van der Waals surface area contributed by atoms with Gasteiger partial charge in [0, 0.05) is 13.0 Å². The first-order valence-electron chi connectivity index (χ1n) is 9.01. The Balaban J connectivity index is 0.000000701. The van der Waals surface area contributed by atoms with E-state index in [1.54, 1.807) is 11.0 Å². The van der Waals surface area contributed by atoms with Crippen LogP contribution in [0.5, 0.6) is 0 Å². The minimum atomic E-state index is -0.932.